The number of carboxylic acid groups (broad SMARTS) is 1. The van der Waals surface area contributed by atoms with E-state index in [1.165, 1.54) is 0 Å². The largest absolute Gasteiger partial charge is 0.480 e. The Morgan fingerprint density at radius 2 is 2.22 bits per heavy atom. The molecule has 1 atom stereocenters. The van der Waals surface area contributed by atoms with Gasteiger partial charge in [0.1, 0.15) is 0 Å². The summed E-state index contributed by atoms with van der Waals surface area (Å²) in [7, 11) is 0. The van der Waals surface area contributed by atoms with Crippen molar-refractivity contribution in [3.05, 3.63) is 29.3 Å². The molecule has 0 aliphatic carbocycles. The Morgan fingerprint density at radius 3 is 2.89 bits per heavy atom. The van der Waals surface area contributed by atoms with Crippen LogP contribution < -0.4 is 10.6 Å². The van der Waals surface area contributed by atoms with Gasteiger partial charge in [0.2, 0.25) is 0 Å². The minimum atomic E-state index is -1.27. The van der Waals surface area contributed by atoms with Gasteiger partial charge in [-0.3, -0.25) is 4.79 Å². The molecule has 0 fully saturated rings. The van der Waals surface area contributed by atoms with Crippen LogP contribution in [0.4, 0.5) is 5.69 Å². The summed E-state index contributed by atoms with van der Waals surface area (Å²) < 4.78 is 0. The summed E-state index contributed by atoms with van der Waals surface area (Å²) in [6, 6.07) is 3.89. The monoisotopic (exact) mass is 250 g/mol. The first-order valence-corrected chi connectivity index (χ1v) is 5.63. The number of carbonyl (C=O) groups is 2. The average Bonchev–Trinajstić information content (AvgIpc) is 2.82. The van der Waals surface area contributed by atoms with Gasteiger partial charge in [0.05, 0.1) is 6.61 Å². The molecule has 0 spiro atoms. The van der Waals surface area contributed by atoms with Crippen molar-refractivity contribution >= 4 is 17.6 Å². The van der Waals surface area contributed by atoms with Crippen molar-refractivity contribution in [1.29, 1.82) is 0 Å². The molecule has 0 saturated heterocycles. The van der Waals surface area contributed by atoms with Crippen LogP contribution in [0.5, 0.6) is 0 Å². The minimum absolute atomic E-state index is 0.400. The Bertz CT molecular complexity index is 487. The van der Waals surface area contributed by atoms with E-state index in [1.54, 1.807) is 18.2 Å². The lowest BCUT2D eigenvalue weighted by atomic mass is 10.1. The van der Waals surface area contributed by atoms with Crippen molar-refractivity contribution in [2.45, 2.75) is 12.5 Å². The van der Waals surface area contributed by atoms with Gasteiger partial charge in [0.25, 0.3) is 5.91 Å². The van der Waals surface area contributed by atoms with Crippen LogP contribution in [-0.2, 0) is 11.2 Å². The summed E-state index contributed by atoms with van der Waals surface area (Å²) in [5.41, 5.74) is 2.44. The molecule has 2 rings (SSSR count). The van der Waals surface area contributed by atoms with Crippen LogP contribution in [-0.4, -0.2) is 41.3 Å². The third kappa shape index (κ3) is 2.43. The topological polar surface area (TPSA) is 98.7 Å². The molecule has 6 nitrogen and oxygen atoms in total. The Kier molecular flexibility index (Phi) is 3.47. The van der Waals surface area contributed by atoms with Crippen molar-refractivity contribution in [3.63, 3.8) is 0 Å². The number of aliphatic hydroxyl groups excluding tert-OH is 1. The molecule has 1 heterocycles. The first-order valence-electron chi connectivity index (χ1n) is 5.63. The summed E-state index contributed by atoms with van der Waals surface area (Å²) in [5.74, 6) is -1.75. The van der Waals surface area contributed by atoms with Gasteiger partial charge in [-0.15, -0.1) is 0 Å². The highest BCUT2D eigenvalue weighted by atomic mass is 16.4. The molecular formula is C12H14N2O4. The number of hydrogen-bond acceptors (Lipinski definition) is 4. The smallest absolute Gasteiger partial charge is 0.328 e. The highest BCUT2D eigenvalue weighted by Gasteiger charge is 2.20. The standard InChI is InChI=1S/C12H14N2O4/c15-6-10(12(17)18)14-11(16)8-1-2-9-7(5-8)3-4-13-9/h1-2,5,10,13,15H,3-4,6H2,(H,14,16)(H,17,18)/t10-/m0/s1. The van der Waals surface area contributed by atoms with E-state index in [-0.39, 0.29) is 0 Å². The number of anilines is 1. The van der Waals surface area contributed by atoms with Crippen LogP contribution >= 0.6 is 0 Å². The molecule has 0 saturated carbocycles. The fourth-order valence-corrected chi connectivity index (χ4v) is 1.87. The SMILES string of the molecule is O=C(N[C@@H](CO)C(=O)O)c1ccc2c(c1)CCN2. The second kappa shape index (κ2) is 5.05. The van der Waals surface area contributed by atoms with Crippen molar-refractivity contribution < 1.29 is 19.8 Å². The Balaban J connectivity index is 2.12. The molecule has 1 amide bonds. The lowest BCUT2D eigenvalue weighted by Crippen LogP contribution is -2.43. The summed E-state index contributed by atoms with van der Waals surface area (Å²) >= 11 is 0. The predicted octanol–water partition coefficient (Wildman–Crippen LogP) is -0.170. The lowest BCUT2D eigenvalue weighted by molar-refractivity contribution is -0.140. The zero-order chi connectivity index (χ0) is 13.1. The van der Waals surface area contributed by atoms with Gasteiger partial charge in [-0.05, 0) is 30.2 Å². The molecule has 1 aliphatic rings. The Morgan fingerprint density at radius 1 is 1.44 bits per heavy atom. The zero-order valence-electron chi connectivity index (χ0n) is 9.64. The maximum atomic E-state index is 11.8. The van der Waals surface area contributed by atoms with E-state index in [1.807, 2.05) is 0 Å². The van der Waals surface area contributed by atoms with E-state index in [2.05, 4.69) is 10.6 Å². The van der Waals surface area contributed by atoms with E-state index in [4.69, 9.17) is 10.2 Å². The molecular weight excluding hydrogens is 236 g/mol. The average molecular weight is 250 g/mol. The number of carboxylic acids is 1. The number of rotatable bonds is 4. The Hall–Kier alpha value is -2.08. The highest BCUT2D eigenvalue weighted by Crippen LogP contribution is 2.22. The van der Waals surface area contributed by atoms with Gasteiger partial charge in [-0.1, -0.05) is 0 Å². The predicted molar refractivity (Wildman–Crippen MR) is 64.6 cm³/mol. The lowest BCUT2D eigenvalue weighted by Gasteiger charge is -2.12. The molecule has 0 aromatic heterocycles. The first kappa shape index (κ1) is 12.4. The molecule has 96 valence electrons. The number of aliphatic carboxylic acids is 1. The number of amides is 1. The second-order valence-corrected chi connectivity index (χ2v) is 4.10. The van der Waals surface area contributed by atoms with Crippen LogP contribution in [0.1, 0.15) is 15.9 Å². The van der Waals surface area contributed by atoms with Gasteiger partial charge in [0.15, 0.2) is 6.04 Å². The molecule has 1 aromatic rings. The van der Waals surface area contributed by atoms with E-state index in [0.717, 1.165) is 24.2 Å². The summed E-state index contributed by atoms with van der Waals surface area (Å²) in [6.07, 6.45) is 0.846. The van der Waals surface area contributed by atoms with E-state index in [0.29, 0.717) is 5.56 Å². The molecule has 6 heteroatoms. The number of fused-ring (bicyclic) bond motifs is 1. The van der Waals surface area contributed by atoms with Crippen molar-refractivity contribution in [1.82, 2.24) is 5.32 Å². The van der Waals surface area contributed by atoms with Gasteiger partial charge >= 0.3 is 5.97 Å². The quantitative estimate of drug-likeness (QED) is 0.594. The number of nitrogens with one attached hydrogen (secondary N) is 2. The number of aliphatic hydroxyl groups is 1. The van der Waals surface area contributed by atoms with Crippen LogP contribution in [0.3, 0.4) is 0 Å². The normalized spacial score (nSPS) is 14.5. The fraction of sp³-hybridized carbons (Fsp3) is 0.333. The first-order chi connectivity index (χ1) is 8.61. The molecule has 1 aromatic carbocycles. The minimum Gasteiger partial charge on any atom is -0.480 e. The van der Waals surface area contributed by atoms with Crippen LogP contribution in [0, 0.1) is 0 Å². The molecule has 4 N–H and O–H groups in total. The van der Waals surface area contributed by atoms with Crippen LogP contribution in [0.15, 0.2) is 18.2 Å². The Labute approximate surface area is 104 Å². The van der Waals surface area contributed by atoms with E-state index < -0.39 is 24.5 Å². The third-order valence-corrected chi connectivity index (χ3v) is 2.86. The van der Waals surface area contributed by atoms with Gasteiger partial charge in [-0.2, -0.15) is 0 Å². The van der Waals surface area contributed by atoms with Gasteiger partial charge < -0.3 is 20.8 Å². The highest BCUT2D eigenvalue weighted by molar-refractivity contribution is 5.97. The van der Waals surface area contributed by atoms with E-state index in [9.17, 15) is 9.59 Å². The van der Waals surface area contributed by atoms with Crippen LogP contribution in [0.2, 0.25) is 0 Å². The summed E-state index contributed by atoms with van der Waals surface area (Å²) in [4.78, 5) is 22.5. The van der Waals surface area contributed by atoms with E-state index >= 15 is 0 Å². The van der Waals surface area contributed by atoms with Gasteiger partial charge in [-0.25, -0.2) is 4.79 Å². The van der Waals surface area contributed by atoms with Crippen molar-refractivity contribution in [3.8, 4) is 0 Å². The zero-order valence-corrected chi connectivity index (χ0v) is 9.64. The number of benzene rings is 1. The number of carbonyl (C=O) groups excluding carboxylic acids is 1. The van der Waals surface area contributed by atoms with Gasteiger partial charge in [0, 0.05) is 17.8 Å². The molecule has 18 heavy (non-hydrogen) atoms. The molecule has 1 aliphatic heterocycles. The fourth-order valence-electron chi connectivity index (χ4n) is 1.87. The van der Waals surface area contributed by atoms with Crippen LogP contribution in [0.25, 0.3) is 0 Å². The van der Waals surface area contributed by atoms with Crippen molar-refractivity contribution in [2.75, 3.05) is 18.5 Å². The third-order valence-electron chi connectivity index (χ3n) is 2.86. The molecule has 0 bridgehead atoms. The molecule has 0 radical (unpaired) electrons. The second-order valence-electron chi connectivity index (χ2n) is 4.10. The number of hydrogen-bond donors (Lipinski definition) is 4. The maximum absolute atomic E-state index is 11.8. The molecule has 0 unspecified atom stereocenters. The summed E-state index contributed by atoms with van der Waals surface area (Å²) in [6.45, 7) is 0.211. The summed E-state index contributed by atoms with van der Waals surface area (Å²) in [5, 5.41) is 23.0. The van der Waals surface area contributed by atoms with Crippen molar-refractivity contribution in [2.24, 2.45) is 0 Å². The maximum Gasteiger partial charge on any atom is 0.328 e.